The Bertz CT molecular complexity index is 1150. The van der Waals surface area contributed by atoms with Crippen molar-refractivity contribution in [1.29, 1.82) is 0 Å². The molecule has 1 saturated heterocycles. The third-order valence-electron chi connectivity index (χ3n) is 6.55. The van der Waals surface area contributed by atoms with Gasteiger partial charge in [0.2, 0.25) is 5.91 Å². The summed E-state index contributed by atoms with van der Waals surface area (Å²) in [6.07, 6.45) is 5.40. The normalized spacial score (nSPS) is 18.3. The zero-order valence-corrected chi connectivity index (χ0v) is 21.5. The molecule has 8 nitrogen and oxygen atoms in total. The van der Waals surface area contributed by atoms with Crippen LogP contribution in [0.3, 0.4) is 0 Å². The minimum Gasteiger partial charge on any atom is -0.495 e. The molecular formula is C26H31FN3O5P. The van der Waals surface area contributed by atoms with E-state index in [1.807, 2.05) is 59.0 Å². The van der Waals surface area contributed by atoms with Gasteiger partial charge in [-0.1, -0.05) is 18.2 Å². The number of benzene rings is 2. The van der Waals surface area contributed by atoms with E-state index in [0.717, 1.165) is 34.5 Å². The zero-order valence-electron chi connectivity index (χ0n) is 20.6. The summed E-state index contributed by atoms with van der Waals surface area (Å²) in [7, 11) is -0.814. The van der Waals surface area contributed by atoms with E-state index in [2.05, 4.69) is 0 Å². The molecule has 2 aliphatic heterocycles. The first-order chi connectivity index (χ1) is 17.3. The Labute approximate surface area is 211 Å². The topological polar surface area (TPSA) is 85.7 Å². The Kier molecular flexibility index (Phi) is 8.26. The second-order valence-electron chi connectivity index (χ2n) is 8.86. The number of anilines is 1. The Morgan fingerprint density at radius 2 is 1.94 bits per heavy atom. The molecular weight excluding hydrogens is 484 g/mol. The fourth-order valence-electron chi connectivity index (χ4n) is 4.53. The summed E-state index contributed by atoms with van der Waals surface area (Å²) >= 11 is 0. The van der Waals surface area contributed by atoms with Crippen LogP contribution in [0.4, 0.5) is 10.1 Å². The van der Waals surface area contributed by atoms with Crippen LogP contribution < -0.4 is 9.64 Å². The number of methoxy groups -OCH3 is 1. The molecule has 0 bridgehead atoms. The third kappa shape index (κ3) is 5.87. The number of carbonyl (C=O) groups excluding carboxylic acids is 1. The fraction of sp³-hybridized carbons (Fsp3) is 0.346. The average molecular weight is 516 g/mol. The van der Waals surface area contributed by atoms with Crippen LogP contribution >= 0.6 is 8.60 Å². The Morgan fingerprint density at radius 1 is 1.19 bits per heavy atom. The Morgan fingerprint density at radius 3 is 2.64 bits per heavy atom. The first kappa shape index (κ1) is 26.1. The fourth-order valence-corrected chi connectivity index (χ4v) is 4.78. The number of ether oxygens (including phenoxy) is 1. The number of likely N-dealkylation sites (tertiary alicyclic amines) is 1. The van der Waals surface area contributed by atoms with Gasteiger partial charge in [0.05, 0.1) is 25.5 Å². The maximum atomic E-state index is 13.3. The molecule has 2 aliphatic rings. The first-order valence-corrected chi connectivity index (χ1v) is 12.9. The molecule has 0 radical (unpaired) electrons. The summed E-state index contributed by atoms with van der Waals surface area (Å²) < 4.78 is 23.9. The predicted octanol–water partition coefficient (Wildman–Crippen LogP) is 4.73. The minimum absolute atomic E-state index is 0.0115. The van der Waals surface area contributed by atoms with Crippen LogP contribution in [0.5, 0.6) is 5.75 Å². The van der Waals surface area contributed by atoms with Gasteiger partial charge in [0, 0.05) is 24.0 Å². The van der Waals surface area contributed by atoms with Gasteiger partial charge in [-0.25, -0.2) is 4.39 Å². The van der Waals surface area contributed by atoms with E-state index >= 15 is 0 Å². The molecule has 1 unspecified atom stereocenters. The average Bonchev–Trinajstić information content (AvgIpc) is 3.24. The van der Waals surface area contributed by atoms with Crippen LogP contribution in [0, 0.1) is 5.82 Å². The van der Waals surface area contributed by atoms with Crippen LogP contribution in [0.1, 0.15) is 43.9 Å². The van der Waals surface area contributed by atoms with Gasteiger partial charge < -0.3 is 29.2 Å². The van der Waals surface area contributed by atoms with Gasteiger partial charge in [-0.05, 0) is 68.2 Å². The number of nitrogens with zero attached hydrogens (tertiary/aromatic N) is 3. The first-order valence-electron chi connectivity index (χ1n) is 11.7. The molecule has 4 rings (SSSR count). The molecule has 0 aromatic heterocycles. The number of halogens is 1. The molecule has 0 aliphatic carbocycles. The van der Waals surface area contributed by atoms with Gasteiger partial charge in [0.1, 0.15) is 18.3 Å². The molecule has 2 aromatic rings. The number of carbonyl (C=O) groups is 1. The molecule has 1 amide bonds. The standard InChI is InChI=1S/C26H31FN3O5P/c1-18-15-28(16-29(18)17-35-36(32)33)24-11-6-20(14-25(24)34-3)13-22-5-4-12-30(26(22)31)19(2)21-7-9-23(27)10-8-21/h6-11,13-15,19,32-33H,4-5,12,16-17H2,1-3H3/b22-13+. The molecule has 2 aromatic carbocycles. The molecule has 1 atom stereocenters. The number of hydrogen-bond acceptors (Lipinski definition) is 7. The lowest BCUT2D eigenvalue weighted by Crippen LogP contribution is -2.38. The maximum Gasteiger partial charge on any atom is 0.328 e. The van der Waals surface area contributed by atoms with Crippen LogP contribution in [0.25, 0.3) is 6.08 Å². The van der Waals surface area contributed by atoms with E-state index in [1.54, 1.807) is 19.2 Å². The minimum atomic E-state index is -2.42. The van der Waals surface area contributed by atoms with Crippen LogP contribution in [-0.2, 0) is 9.32 Å². The molecule has 2 N–H and O–H groups in total. The smallest absolute Gasteiger partial charge is 0.328 e. The summed E-state index contributed by atoms with van der Waals surface area (Å²) in [5.41, 5.74) is 4.26. The number of hydrogen-bond donors (Lipinski definition) is 2. The molecule has 192 valence electrons. The summed E-state index contributed by atoms with van der Waals surface area (Å²) in [6.45, 7) is 5.08. The SMILES string of the molecule is COc1cc(/C=C2\CCCN(C(C)c3ccc(F)cc3)C2=O)ccc1N1C=C(C)N(COP(O)O)C1. The van der Waals surface area contributed by atoms with Gasteiger partial charge in [-0.15, -0.1) is 0 Å². The monoisotopic (exact) mass is 515 g/mol. The van der Waals surface area contributed by atoms with Gasteiger partial charge >= 0.3 is 8.60 Å². The third-order valence-corrected chi connectivity index (χ3v) is 6.89. The van der Waals surface area contributed by atoms with E-state index in [1.165, 1.54) is 12.1 Å². The van der Waals surface area contributed by atoms with Crippen molar-refractivity contribution < 1.29 is 28.2 Å². The maximum absolute atomic E-state index is 13.3. The molecule has 0 spiro atoms. The number of piperidine rings is 1. The van der Waals surface area contributed by atoms with Gasteiger partial charge in [-0.3, -0.25) is 9.32 Å². The Balaban J connectivity index is 1.51. The number of amides is 1. The van der Waals surface area contributed by atoms with Crippen molar-refractivity contribution in [1.82, 2.24) is 9.80 Å². The molecule has 0 saturated carbocycles. The lowest BCUT2D eigenvalue weighted by molar-refractivity contribution is -0.130. The molecule has 1 fully saturated rings. The van der Waals surface area contributed by atoms with Crippen LogP contribution in [0.15, 0.2) is 59.9 Å². The van der Waals surface area contributed by atoms with Gasteiger partial charge in [-0.2, -0.15) is 0 Å². The van der Waals surface area contributed by atoms with Crippen molar-refractivity contribution in [3.05, 3.63) is 76.9 Å². The second-order valence-corrected chi connectivity index (χ2v) is 9.63. The van der Waals surface area contributed by atoms with Gasteiger partial charge in [0.25, 0.3) is 0 Å². The highest BCUT2D eigenvalue weighted by Crippen LogP contribution is 2.35. The van der Waals surface area contributed by atoms with E-state index in [4.69, 9.17) is 19.0 Å². The molecule has 2 heterocycles. The highest BCUT2D eigenvalue weighted by molar-refractivity contribution is 7.39. The summed E-state index contributed by atoms with van der Waals surface area (Å²) in [6, 6.07) is 11.9. The van der Waals surface area contributed by atoms with Crippen molar-refractivity contribution >= 4 is 26.3 Å². The van der Waals surface area contributed by atoms with Crippen molar-refractivity contribution in [2.24, 2.45) is 0 Å². The van der Waals surface area contributed by atoms with Crippen molar-refractivity contribution in [2.75, 3.05) is 32.0 Å². The van der Waals surface area contributed by atoms with Crippen LogP contribution in [0.2, 0.25) is 0 Å². The van der Waals surface area contributed by atoms with E-state index in [9.17, 15) is 9.18 Å². The highest BCUT2D eigenvalue weighted by Gasteiger charge is 2.28. The van der Waals surface area contributed by atoms with E-state index in [0.29, 0.717) is 25.4 Å². The van der Waals surface area contributed by atoms with Crippen molar-refractivity contribution in [3.8, 4) is 5.75 Å². The van der Waals surface area contributed by atoms with Crippen LogP contribution in [-0.4, -0.2) is 52.5 Å². The largest absolute Gasteiger partial charge is 0.495 e. The summed E-state index contributed by atoms with van der Waals surface area (Å²) in [4.78, 5) is 37.1. The predicted molar refractivity (Wildman–Crippen MR) is 137 cm³/mol. The molecule has 10 heteroatoms. The lowest BCUT2D eigenvalue weighted by atomic mass is 9.97. The zero-order chi connectivity index (χ0) is 25.8. The Hall–Kier alpha value is -2.97. The number of allylic oxidation sites excluding steroid dienone is 1. The van der Waals surface area contributed by atoms with Crippen molar-refractivity contribution in [3.63, 3.8) is 0 Å². The number of rotatable bonds is 8. The highest BCUT2D eigenvalue weighted by atomic mass is 31.2. The van der Waals surface area contributed by atoms with Crippen molar-refractivity contribution in [2.45, 2.75) is 32.7 Å². The summed E-state index contributed by atoms with van der Waals surface area (Å²) in [5.74, 6) is 0.351. The molecule has 36 heavy (non-hydrogen) atoms. The summed E-state index contributed by atoms with van der Waals surface area (Å²) in [5, 5.41) is 0. The van der Waals surface area contributed by atoms with E-state index in [-0.39, 0.29) is 24.5 Å². The lowest BCUT2D eigenvalue weighted by Gasteiger charge is -2.34. The van der Waals surface area contributed by atoms with E-state index < -0.39 is 8.60 Å². The quantitative estimate of drug-likeness (QED) is 0.389. The van der Waals surface area contributed by atoms with Gasteiger partial charge in [0.15, 0.2) is 0 Å². The second kappa shape index (κ2) is 11.4.